The van der Waals surface area contributed by atoms with Gasteiger partial charge in [-0.05, 0) is 37.6 Å². The second-order valence-corrected chi connectivity index (χ2v) is 4.42. The highest BCUT2D eigenvalue weighted by Crippen LogP contribution is 2.13. The molecule has 2 aromatic heterocycles. The molecule has 0 aliphatic carbocycles. The summed E-state index contributed by atoms with van der Waals surface area (Å²) >= 11 is 5.73. The van der Waals surface area contributed by atoms with Crippen LogP contribution >= 0.6 is 11.6 Å². The summed E-state index contributed by atoms with van der Waals surface area (Å²) in [4.78, 5) is 4.03. The Bertz CT molecular complexity index is 439. The maximum Gasteiger partial charge on any atom is 0.129 e. The van der Waals surface area contributed by atoms with E-state index in [1.54, 1.807) is 18.5 Å². The topological polar surface area (TPSA) is 38.1 Å². The van der Waals surface area contributed by atoms with Gasteiger partial charge in [0.05, 0.1) is 18.1 Å². The van der Waals surface area contributed by atoms with E-state index in [-0.39, 0.29) is 0 Å². The van der Waals surface area contributed by atoms with E-state index < -0.39 is 0 Å². The lowest BCUT2D eigenvalue weighted by Crippen LogP contribution is -2.15. The minimum absolute atomic E-state index is 0.364. The van der Waals surface area contributed by atoms with E-state index in [2.05, 4.69) is 17.2 Å². The zero-order valence-electron chi connectivity index (χ0n) is 9.69. The third-order valence-electron chi connectivity index (χ3n) is 2.54. The van der Waals surface area contributed by atoms with Gasteiger partial charge in [-0.15, -0.1) is 0 Å². The minimum Gasteiger partial charge on any atom is -0.469 e. The maximum atomic E-state index is 5.73. The summed E-state index contributed by atoms with van der Waals surface area (Å²) in [7, 11) is 0. The number of rotatable bonds is 5. The summed E-state index contributed by atoms with van der Waals surface area (Å²) in [5.41, 5.74) is 0.987. The molecule has 0 aromatic carbocycles. The molecule has 3 nitrogen and oxygen atoms in total. The van der Waals surface area contributed by atoms with Crippen LogP contribution in [0, 0.1) is 0 Å². The molecule has 0 aliphatic rings. The Morgan fingerprint density at radius 3 is 2.94 bits per heavy atom. The van der Waals surface area contributed by atoms with Crippen molar-refractivity contribution in [2.45, 2.75) is 25.8 Å². The molecule has 2 rings (SSSR count). The van der Waals surface area contributed by atoms with Gasteiger partial charge in [-0.2, -0.15) is 0 Å². The fourth-order valence-corrected chi connectivity index (χ4v) is 1.74. The average molecular weight is 251 g/mol. The number of nitrogens with zero attached hydrogens (tertiary/aromatic N) is 1. The van der Waals surface area contributed by atoms with E-state index in [0.717, 1.165) is 24.3 Å². The first-order valence-electron chi connectivity index (χ1n) is 5.64. The lowest BCUT2D eigenvalue weighted by Gasteiger charge is -2.14. The number of aromatic nitrogens is 1. The van der Waals surface area contributed by atoms with E-state index in [1.165, 1.54) is 0 Å². The van der Waals surface area contributed by atoms with E-state index >= 15 is 0 Å². The third kappa shape index (κ3) is 3.79. The molecule has 17 heavy (non-hydrogen) atoms. The summed E-state index contributed by atoms with van der Waals surface area (Å²) in [6, 6.07) is 7.98. The molecular formula is C13H15ClN2O. The number of halogens is 1. The number of hydrogen-bond acceptors (Lipinski definition) is 3. The lowest BCUT2D eigenvalue weighted by atomic mass is 10.1. The molecule has 0 saturated carbocycles. The second-order valence-electron chi connectivity index (χ2n) is 4.03. The van der Waals surface area contributed by atoms with Gasteiger partial charge in [0.2, 0.25) is 0 Å². The van der Waals surface area contributed by atoms with Gasteiger partial charge in [-0.1, -0.05) is 11.6 Å². The largest absolute Gasteiger partial charge is 0.469 e. The second kappa shape index (κ2) is 5.73. The molecule has 4 heteroatoms. The normalized spacial score (nSPS) is 12.4. The van der Waals surface area contributed by atoms with Crippen LogP contribution in [-0.4, -0.2) is 11.0 Å². The van der Waals surface area contributed by atoms with E-state index in [9.17, 15) is 0 Å². The SMILES string of the molecule is CC(CCc1ccco1)Nc1ccc(Cl)nc1. The van der Waals surface area contributed by atoms with Crippen LogP contribution < -0.4 is 5.32 Å². The Balaban J connectivity index is 1.80. The first-order chi connectivity index (χ1) is 8.24. The van der Waals surface area contributed by atoms with Gasteiger partial charge in [0.25, 0.3) is 0 Å². The number of aryl methyl sites for hydroxylation is 1. The van der Waals surface area contributed by atoms with Crippen LogP contribution in [0.15, 0.2) is 41.1 Å². The van der Waals surface area contributed by atoms with Crippen molar-refractivity contribution in [1.29, 1.82) is 0 Å². The van der Waals surface area contributed by atoms with Crippen molar-refractivity contribution in [2.24, 2.45) is 0 Å². The Morgan fingerprint density at radius 1 is 1.41 bits per heavy atom. The predicted octanol–water partition coefficient (Wildman–Crippen LogP) is 3.76. The molecule has 2 heterocycles. The highest BCUT2D eigenvalue weighted by atomic mass is 35.5. The predicted molar refractivity (Wildman–Crippen MR) is 69.4 cm³/mol. The Hall–Kier alpha value is -1.48. The first-order valence-corrected chi connectivity index (χ1v) is 6.02. The van der Waals surface area contributed by atoms with Crippen molar-refractivity contribution in [2.75, 3.05) is 5.32 Å². The molecular weight excluding hydrogens is 236 g/mol. The van der Waals surface area contributed by atoms with E-state index in [0.29, 0.717) is 11.2 Å². The van der Waals surface area contributed by atoms with Crippen LogP contribution in [0.1, 0.15) is 19.1 Å². The van der Waals surface area contributed by atoms with Crippen molar-refractivity contribution in [3.8, 4) is 0 Å². The van der Waals surface area contributed by atoms with E-state index in [4.69, 9.17) is 16.0 Å². The summed E-state index contributed by atoms with van der Waals surface area (Å²) < 4.78 is 5.29. The van der Waals surface area contributed by atoms with Gasteiger partial charge in [-0.25, -0.2) is 4.98 Å². The number of furan rings is 1. The van der Waals surface area contributed by atoms with Crippen LogP contribution in [0.4, 0.5) is 5.69 Å². The standard InChI is InChI=1S/C13H15ClN2O/c1-10(4-6-12-3-2-8-17-12)16-11-5-7-13(14)15-9-11/h2-3,5,7-10,16H,4,6H2,1H3. The van der Waals surface area contributed by atoms with Crippen LogP contribution in [0.3, 0.4) is 0 Å². The fraction of sp³-hybridized carbons (Fsp3) is 0.308. The molecule has 2 aromatic rings. The molecule has 0 bridgehead atoms. The maximum absolute atomic E-state index is 5.73. The van der Waals surface area contributed by atoms with Crippen molar-refractivity contribution in [3.05, 3.63) is 47.6 Å². The molecule has 0 fully saturated rings. The van der Waals surface area contributed by atoms with Crippen molar-refractivity contribution >= 4 is 17.3 Å². The van der Waals surface area contributed by atoms with Crippen LogP contribution in [-0.2, 0) is 6.42 Å². The quantitative estimate of drug-likeness (QED) is 0.821. The molecule has 0 saturated heterocycles. The van der Waals surface area contributed by atoms with Crippen LogP contribution in [0.5, 0.6) is 0 Å². The number of anilines is 1. The Morgan fingerprint density at radius 2 is 2.29 bits per heavy atom. The highest BCUT2D eigenvalue weighted by molar-refractivity contribution is 6.29. The number of hydrogen-bond donors (Lipinski definition) is 1. The van der Waals surface area contributed by atoms with Gasteiger partial charge in [-0.3, -0.25) is 0 Å². The van der Waals surface area contributed by atoms with Crippen molar-refractivity contribution in [3.63, 3.8) is 0 Å². The van der Waals surface area contributed by atoms with Crippen molar-refractivity contribution < 1.29 is 4.42 Å². The molecule has 0 aliphatic heterocycles. The molecule has 1 atom stereocenters. The Labute approximate surface area is 106 Å². The van der Waals surface area contributed by atoms with Crippen molar-refractivity contribution in [1.82, 2.24) is 4.98 Å². The highest BCUT2D eigenvalue weighted by Gasteiger charge is 2.04. The number of pyridine rings is 1. The zero-order chi connectivity index (χ0) is 12.1. The monoisotopic (exact) mass is 250 g/mol. The summed E-state index contributed by atoms with van der Waals surface area (Å²) in [5.74, 6) is 1.02. The first kappa shape index (κ1) is 12.0. The fourth-order valence-electron chi connectivity index (χ4n) is 1.63. The summed E-state index contributed by atoms with van der Waals surface area (Å²) in [6.07, 6.45) is 5.39. The van der Waals surface area contributed by atoms with Gasteiger partial charge < -0.3 is 9.73 Å². The van der Waals surface area contributed by atoms with Gasteiger partial charge in [0, 0.05) is 12.5 Å². The van der Waals surface area contributed by atoms with Gasteiger partial charge in [0.15, 0.2) is 0 Å². The lowest BCUT2D eigenvalue weighted by molar-refractivity contribution is 0.495. The molecule has 1 N–H and O–H groups in total. The smallest absolute Gasteiger partial charge is 0.129 e. The zero-order valence-corrected chi connectivity index (χ0v) is 10.4. The molecule has 0 radical (unpaired) electrons. The van der Waals surface area contributed by atoms with Crippen LogP contribution in [0.25, 0.3) is 0 Å². The average Bonchev–Trinajstić information content (AvgIpc) is 2.83. The summed E-state index contributed by atoms with van der Waals surface area (Å²) in [5, 5.41) is 3.88. The van der Waals surface area contributed by atoms with Crippen LogP contribution in [0.2, 0.25) is 5.15 Å². The molecule has 0 spiro atoms. The third-order valence-corrected chi connectivity index (χ3v) is 2.77. The van der Waals surface area contributed by atoms with Gasteiger partial charge >= 0.3 is 0 Å². The van der Waals surface area contributed by atoms with E-state index in [1.807, 2.05) is 18.2 Å². The Kier molecular flexibility index (Phi) is 4.04. The molecule has 0 amide bonds. The minimum atomic E-state index is 0.364. The summed E-state index contributed by atoms with van der Waals surface area (Å²) in [6.45, 7) is 2.14. The molecule has 90 valence electrons. The molecule has 1 unspecified atom stereocenters. The van der Waals surface area contributed by atoms with Gasteiger partial charge in [0.1, 0.15) is 10.9 Å². The number of nitrogens with one attached hydrogen (secondary N) is 1.